The Labute approximate surface area is 99.5 Å². The van der Waals surface area contributed by atoms with Gasteiger partial charge < -0.3 is 9.84 Å². The van der Waals surface area contributed by atoms with Crippen LogP contribution in [0.15, 0.2) is 34.4 Å². The third kappa shape index (κ3) is 3.18. The van der Waals surface area contributed by atoms with Crippen LogP contribution in [0.3, 0.4) is 0 Å². The average Bonchev–Trinajstić information content (AvgIpc) is 2.97. The molecule has 2 aromatic heterocycles. The molecule has 4 heteroatoms. The van der Waals surface area contributed by atoms with Crippen molar-refractivity contribution in [3.8, 4) is 0 Å². The maximum absolute atomic E-state index is 4.80. The lowest BCUT2D eigenvalue weighted by Crippen LogP contribution is -2.29. The van der Waals surface area contributed by atoms with Gasteiger partial charge in [-0.25, -0.2) is 0 Å². The van der Waals surface area contributed by atoms with E-state index < -0.39 is 0 Å². The summed E-state index contributed by atoms with van der Waals surface area (Å²) in [6.45, 7) is 2.98. The lowest BCUT2D eigenvalue weighted by molar-refractivity contribution is 0.402. The summed E-state index contributed by atoms with van der Waals surface area (Å²) in [5, 5.41) is 9.50. The van der Waals surface area contributed by atoms with E-state index in [1.165, 1.54) is 4.88 Å². The smallest absolute Gasteiger partial charge is 0.124 e. The van der Waals surface area contributed by atoms with Crippen LogP contribution >= 0.6 is 11.3 Å². The van der Waals surface area contributed by atoms with Crippen LogP contribution in [0.2, 0.25) is 0 Å². The van der Waals surface area contributed by atoms with E-state index in [0.29, 0.717) is 6.04 Å². The third-order valence-electron chi connectivity index (χ3n) is 2.58. The van der Waals surface area contributed by atoms with Crippen LogP contribution in [0.4, 0.5) is 0 Å². The van der Waals surface area contributed by atoms with Crippen molar-refractivity contribution < 1.29 is 4.52 Å². The van der Waals surface area contributed by atoms with Crippen molar-refractivity contribution >= 4 is 11.3 Å². The molecule has 0 fully saturated rings. The molecule has 0 saturated carbocycles. The summed E-state index contributed by atoms with van der Waals surface area (Å²) in [5.74, 6) is 0. The van der Waals surface area contributed by atoms with Crippen LogP contribution in [0, 0.1) is 0 Å². The summed E-state index contributed by atoms with van der Waals surface area (Å²) in [6.07, 6.45) is 3.82. The number of hydrogen-bond acceptors (Lipinski definition) is 4. The Bertz CT molecular complexity index is 383. The summed E-state index contributed by atoms with van der Waals surface area (Å²) in [7, 11) is 0. The molecule has 2 heterocycles. The summed E-state index contributed by atoms with van der Waals surface area (Å²) in [5.41, 5.74) is 0.963. The van der Waals surface area contributed by atoms with Crippen molar-refractivity contribution in [1.29, 1.82) is 0 Å². The van der Waals surface area contributed by atoms with E-state index in [1.54, 1.807) is 6.26 Å². The van der Waals surface area contributed by atoms with E-state index in [2.05, 4.69) is 34.9 Å². The highest BCUT2D eigenvalue weighted by Crippen LogP contribution is 2.12. The van der Waals surface area contributed by atoms with Crippen molar-refractivity contribution in [3.05, 3.63) is 40.4 Å². The van der Waals surface area contributed by atoms with Crippen molar-refractivity contribution in [1.82, 2.24) is 10.5 Å². The second-order valence-electron chi connectivity index (χ2n) is 3.76. The maximum Gasteiger partial charge on any atom is 0.124 e. The Morgan fingerprint density at radius 3 is 3.06 bits per heavy atom. The number of nitrogens with one attached hydrogen (secondary N) is 1. The Kier molecular flexibility index (Phi) is 4.13. The van der Waals surface area contributed by atoms with Gasteiger partial charge in [-0.1, -0.05) is 18.1 Å². The number of nitrogens with zero attached hydrogens (tertiary/aromatic N) is 1. The second-order valence-corrected chi connectivity index (χ2v) is 4.79. The minimum absolute atomic E-state index is 0.510. The molecule has 2 aromatic rings. The van der Waals surface area contributed by atoms with E-state index in [1.807, 2.05) is 17.4 Å². The Morgan fingerprint density at radius 2 is 2.44 bits per heavy atom. The van der Waals surface area contributed by atoms with E-state index in [0.717, 1.165) is 25.1 Å². The van der Waals surface area contributed by atoms with Crippen molar-refractivity contribution in [2.75, 3.05) is 0 Å². The first-order chi connectivity index (χ1) is 7.88. The molecule has 0 saturated heterocycles. The van der Waals surface area contributed by atoms with Crippen LogP contribution in [-0.4, -0.2) is 11.2 Å². The SMILES string of the molecule is CCC(Cc1cccs1)NCc1ccon1. The third-order valence-corrected chi connectivity index (χ3v) is 3.48. The molecule has 0 aromatic carbocycles. The van der Waals surface area contributed by atoms with Crippen LogP contribution < -0.4 is 5.32 Å². The largest absolute Gasteiger partial charge is 0.364 e. The van der Waals surface area contributed by atoms with Gasteiger partial charge in [0, 0.05) is 23.5 Å². The fourth-order valence-corrected chi connectivity index (χ4v) is 2.40. The topological polar surface area (TPSA) is 38.1 Å². The first-order valence-corrected chi connectivity index (χ1v) is 6.41. The van der Waals surface area contributed by atoms with Crippen LogP contribution in [0.5, 0.6) is 0 Å². The zero-order chi connectivity index (χ0) is 11.2. The highest BCUT2D eigenvalue weighted by Gasteiger charge is 2.08. The molecule has 0 spiro atoms. The van der Waals surface area contributed by atoms with Crippen molar-refractivity contribution in [3.63, 3.8) is 0 Å². The minimum Gasteiger partial charge on any atom is -0.364 e. The molecule has 1 unspecified atom stereocenters. The number of rotatable bonds is 6. The summed E-state index contributed by atoms with van der Waals surface area (Å²) >= 11 is 1.82. The molecule has 0 radical (unpaired) electrons. The van der Waals surface area contributed by atoms with E-state index >= 15 is 0 Å². The van der Waals surface area contributed by atoms with Crippen molar-refractivity contribution in [2.24, 2.45) is 0 Å². The summed E-state index contributed by atoms with van der Waals surface area (Å²) in [6, 6.07) is 6.69. The molecule has 0 aliphatic rings. The predicted octanol–water partition coefficient (Wildman–Crippen LogP) is 2.85. The molecular formula is C12H16N2OS. The molecular weight excluding hydrogens is 220 g/mol. The molecule has 3 nitrogen and oxygen atoms in total. The van der Waals surface area contributed by atoms with Crippen LogP contribution in [0.1, 0.15) is 23.9 Å². The lowest BCUT2D eigenvalue weighted by Gasteiger charge is -2.14. The second kappa shape index (κ2) is 5.82. The van der Waals surface area contributed by atoms with Gasteiger partial charge in [0.2, 0.25) is 0 Å². The van der Waals surface area contributed by atoms with Crippen LogP contribution in [-0.2, 0) is 13.0 Å². The number of aromatic nitrogens is 1. The highest BCUT2D eigenvalue weighted by molar-refractivity contribution is 7.09. The molecule has 0 aliphatic carbocycles. The first kappa shape index (κ1) is 11.4. The van der Waals surface area contributed by atoms with Gasteiger partial charge in [-0.05, 0) is 24.3 Å². The normalized spacial score (nSPS) is 12.8. The van der Waals surface area contributed by atoms with Gasteiger partial charge in [0.1, 0.15) is 6.26 Å². The Balaban J connectivity index is 1.81. The maximum atomic E-state index is 4.80. The minimum atomic E-state index is 0.510. The summed E-state index contributed by atoms with van der Waals surface area (Å²) in [4.78, 5) is 1.43. The highest BCUT2D eigenvalue weighted by atomic mass is 32.1. The molecule has 0 amide bonds. The molecule has 86 valence electrons. The Morgan fingerprint density at radius 1 is 1.50 bits per heavy atom. The quantitative estimate of drug-likeness (QED) is 0.838. The van der Waals surface area contributed by atoms with Gasteiger partial charge in [0.15, 0.2) is 0 Å². The van der Waals surface area contributed by atoms with Crippen LogP contribution in [0.25, 0.3) is 0 Å². The average molecular weight is 236 g/mol. The van der Waals surface area contributed by atoms with E-state index in [9.17, 15) is 0 Å². The first-order valence-electron chi connectivity index (χ1n) is 5.53. The molecule has 16 heavy (non-hydrogen) atoms. The van der Waals surface area contributed by atoms with E-state index in [-0.39, 0.29) is 0 Å². The molecule has 1 N–H and O–H groups in total. The van der Waals surface area contributed by atoms with Gasteiger partial charge in [-0.3, -0.25) is 0 Å². The van der Waals surface area contributed by atoms with Gasteiger partial charge in [0.05, 0.1) is 5.69 Å². The number of hydrogen-bond donors (Lipinski definition) is 1. The van der Waals surface area contributed by atoms with Gasteiger partial charge >= 0.3 is 0 Å². The fraction of sp³-hybridized carbons (Fsp3) is 0.417. The Hall–Kier alpha value is -1.13. The summed E-state index contributed by atoms with van der Waals surface area (Å²) < 4.78 is 4.80. The zero-order valence-electron chi connectivity index (χ0n) is 9.35. The van der Waals surface area contributed by atoms with Gasteiger partial charge in [0.25, 0.3) is 0 Å². The lowest BCUT2D eigenvalue weighted by atomic mass is 10.1. The molecule has 0 aliphatic heterocycles. The predicted molar refractivity (Wildman–Crippen MR) is 65.4 cm³/mol. The molecule has 2 rings (SSSR count). The van der Waals surface area contributed by atoms with Gasteiger partial charge in [-0.2, -0.15) is 0 Å². The van der Waals surface area contributed by atoms with Crippen molar-refractivity contribution in [2.45, 2.75) is 32.4 Å². The van der Waals surface area contributed by atoms with E-state index in [4.69, 9.17) is 4.52 Å². The standard InChI is InChI=1S/C12H16N2OS/c1-2-10(8-12-4-3-7-16-12)13-9-11-5-6-15-14-11/h3-7,10,13H,2,8-9H2,1H3. The monoisotopic (exact) mass is 236 g/mol. The zero-order valence-corrected chi connectivity index (χ0v) is 10.2. The fourth-order valence-electron chi connectivity index (χ4n) is 1.61. The van der Waals surface area contributed by atoms with Gasteiger partial charge in [-0.15, -0.1) is 11.3 Å². The molecule has 1 atom stereocenters. The molecule has 0 bridgehead atoms. The number of thiophene rings is 1.